The zero-order valence-corrected chi connectivity index (χ0v) is 7.92. The third-order valence-electron chi connectivity index (χ3n) is 1.51. The van der Waals surface area contributed by atoms with Gasteiger partial charge in [-0.15, -0.1) is 0 Å². The molecule has 65 valence electrons. The van der Waals surface area contributed by atoms with E-state index in [9.17, 15) is 4.79 Å². The first kappa shape index (κ1) is 10.5. The number of rotatable bonds is 3. The lowest BCUT2D eigenvalue weighted by molar-refractivity contribution is -0.128. The first-order valence-electron chi connectivity index (χ1n) is 4.07. The van der Waals surface area contributed by atoms with E-state index >= 15 is 0 Å². The van der Waals surface area contributed by atoms with Crippen LogP contribution in [0.1, 0.15) is 27.7 Å². The lowest BCUT2D eigenvalue weighted by Crippen LogP contribution is -2.37. The minimum Gasteiger partial charge on any atom is -0.340 e. The number of carbonyl (C=O) groups is 1. The molecule has 0 spiro atoms. The molecule has 1 amide bonds. The maximum Gasteiger partial charge on any atom is 0.223 e. The van der Waals surface area contributed by atoms with E-state index in [1.807, 2.05) is 13.8 Å². The van der Waals surface area contributed by atoms with Crippen molar-refractivity contribution in [3.63, 3.8) is 0 Å². The highest BCUT2D eigenvalue weighted by atomic mass is 16.2. The molecule has 0 saturated carbocycles. The normalized spacial score (nSPS) is 10.8. The van der Waals surface area contributed by atoms with E-state index in [2.05, 4.69) is 20.8 Å². The van der Waals surface area contributed by atoms with Crippen LogP contribution in [0.15, 0.2) is 0 Å². The smallest absolute Gasteiger partial charge is 0.223 e. The summed E-state index contributed by atoms with van der Waals surface area (Å²) in [6, 6.07) is 0.266. The minimum atomic E-state index is -0.0753. The molecule has 0 fully saturated rings. The van der Waals surface area contributed by atoms with Gasteiger partial charge >= 0.3 is 0 Å². The van der Waals surface area contributed by atoms with Gasteiger partial charge in [0.1, 0.15) is 0 Å². The largest absolute Gasteiger partial charge is 0.340 e. The average Bonchev–Trinajstić information content (AvgIpc) is 1.81. The molecular formula is C9H18NO. The maximum atomic E-state index is 10.9. The molecule has 2 nitrogen and oxygen atoms in total. The molecule has 0 aliphatic rings. The summed E-state index contributed by atoms with van der Waals surface area (Å²) >= 11 is 0. The van der Waals surface area contributed by atoms with E-state index in [1.165, 1.54) is 0 Å². The van der Waals surface area contributed by atoms with E-state index in [4.69, 9.17) is 0 Å². The Kier molecular flexibility index (Phi) is 4.16. The molecular weight excluding hydrogens is 138 g/mol. The summed E-state index contributed by atoms with van der Waals surface area (Å²) in [7, 11) is 0. The molecule has 0 aliphatic heterocycles. The van der Waals surface area contributed by atoms with Crippen molar-refractivity contribution in [1.82, 2.24) is 4.90 Å². The Balaban J connectivity index is 4.01. The van der Waals surface area contributed by atoms with E-state index in [0.717, 1.165) is 6.54 Å². The van der Waals surface area contributed by atoms with Crippen molar-refractivity contribution in [3.8, 4) is 0 Å². The molecule has 0 saturated heterocycles. The van der Waals surface area contributed by atoms with Crippen molar-refractivity contribution >= 4 is 5.91 Å². The summed E-state index contributed by atoms with van der Waals surface area (Å²) in [5, 5.41) is 0. The Bertz CT molecular complexity index is 130. The zero-order valence-electron chi connectivity index (χ0n) is 7.92. The molecule has 0 unspecified atom stereocenters. The second kappa shape index (κ2) is 4.37. The molecule has 0 aliphatic carbocycles. The Labute approximate surface area is 69.6 Å². The van der Waals surface area contributed by atoms with Crippen molar-refractivity contribution in [3.05, 3.63) is 6.92 Å². The molecule has 0 bridgehead atoms. The fraction of sp³-hybridized carbons (Fsp3) is 0.778. The summed E-state index contributed by atoms with van der Waals surface area (Å²) in [6.45, 7) is 12.4. The topological polar surface area (TPSA) is 20.3 Å². The molecule has 0 aromatic rings. The van der Waals surface area contributed by atoms with Gasteiger partial charge in [0.25, 0.3) is 0 Å². The van der Waals surface area contributed by atoms with Gasteiger partial charge in [-0.25, -0.2) is 0 Å². The molecule has 2 heteroatoms. The van der Waals surface area contributed by atoms with Gasteiger partial charge in [-0.05, 0) is 19.8 Å². The third kappa shape index (κ3) is 4.02. The molecule has 0 aromatic carbocycles. The molecule has 0 rings (SSSR count). The van der Waals surface area contributed by atoms with Crippen LogP contribution in [0.3, 0.4) is 0 Å². The second-order valence-electron chi connectivity index (χ2n) is 3.53. The van der Waals surface area contributed by atoms with E-state index in [0.29, 0.717) is 5.92 Å². The number of hydrogen-bond acceptors (Lipinski definition) is 1. The van der Waals surface area contributed by atoms with Crippen LogP contribution < -0.4 is 0 Å². The molecule has 0 N–H and O–H groups in total. The summed E-state index contributed by atoms with van der Waals surface area (Å²) in [5.74, 6) is 0.441. The average molecular weight is 156 g/mol. The van der Waals surface area contributed by atoms with Crippen molar-refractivity contribution < 1.29 is 4.79 Å². The number of carbonyl (C=O) groups excluding carboxylic acids is 1. The summed E-state index contributed by atoms with van der Waals surface area (Å²) < 4.78 is 0. The monoisotopic (exact) mass is 156 g/mol. The van der Waals surface area contributed by atoms with Gasteiger partial charge in [0.2, 0.25) is 5.91 Å². The summed E-state index contributed by atoms with van der Waals surface area (Å²) in [6.07, 6.45) is 0. The lowest BCUT2D eigenvalue weighted by Gasteiger charge is -2.26. The quantitative estimate of drug-likeness (QED) is 0.609. The van der Waals surface area contributed by atoms with Crippen LogP contribution in [0.4, 0.5) is 0 Å². The van der Waals surface area contributed by atoms with E-state index in [1.54, 1.807) is 4.90 Å². The number of nitrogens with zero attached hydrogens (tertiary/aromatic N) is 1. The summed E-state index contributed by atoms with van der Waals surface area (Å²) in [4.78, 5) is 12.7. The minimum absolute atomic E-state index is 0.0753. The highest BCUT2D eigenvalue weighted by molar-refractivity contribution is 5.80. The first-order chi connectivity index (χ1) is 4.95. The fourth-order valence-corrected chi connectivity index (χ4v) is 0.994. The highest BCUT2D eigenvalue weighted by Crippen LogP contribution is 2.03. The number of amides is 1. The van der Waals surface area contributed by atoms with Crippen LogP contribution in [-0.4, -0.2) is 23.4 Å². The van der Waals surface area contributed by atoms with Gasteiger partial charge in [-0.3, -0.25) is 4.79 Å². The molecule has 0 aromatic heterocycles. The van der Waals surface area contributed by atoms with Crippen LogP contribution in [0.2, 0.25) is 0 Å². The Hall–Kier alpha value is -0.530. The molecule has 0 atom stereocenters. The Morgan fingerprint density at radius 3 is 1.91 bits per heavy atom. The molecule has 11 heavy (non-hydrogen) atoms. The molecule has 0 heterocycles. The summed E-state index contributed by atoms with van der Waals surface area (Å²) in [5.41, 5.74) is 0. The third-order valence-corrected chi connectivity index (χ3v) is 1.51. The van der Waals surface area contributed by atoms with E-state index < -0.39 is 0 Å². The van der Waals surface area contributed by atoms with Crippen molar-refractivity contribution in [1.29, 1.82) is 0 Å². The Morgan fingerprint density at radius 1 is 1.36 bits per heavy atom. The van der Waals surface area contributed by atoms with Gasteiger partial charge in [0, 0.05) is 19.5 Å². The van der Waals surface area contributed by atoms with Crippen LogP contribution in [-0.2, 0) is 4.79 Å². The van der Waals surface area contributed by atoms with Gasteiger partial charge in [-0.1, -0.05) is 13.8 Å². The highest BCUT2D eigenvalue weighted by Gasteiger charge is 2.13. The predicted molar refractivity (Wildman–Crippen MR) is 47.0 cm³/mol. The SMILES string of the molecule is [CH2]C(=O)N(CC(C)C)C(C)C. The van der Waals surface area contributed by atoms with Crippen LogP contribution in [0.25, 0.3) is 0 Å². The lowest BCUT2D eigenvalue weighted by atomic mass is 10.2. The van der Waals surface area contributed by atoms with Crippen LogP contribution in [0, 0.1) is 12.8 Å². The van der Waals surface area contributed by atoms with Crippen molar-refractivity contribution in [2.45, 2.75) is 33.7 Å². The molecule has 1 radical (unpaired) electrons. The van der Waals surface area contributed by atoms with Crippen LogP contribution >= 0.6 is 0 Å². The second-order valence-corrected chi connectivity index (χ2v) is 3.53. The predicted octanol–water partition coefficient (Wildman–Crippen LogP) is 1.71. The number of hydrogen-bond donors (Lipinski definition) is 0. The van der Waals surface area contributed by atoms with Gasteiger partial charge in [0.05, 0.1) is 0 Å². The van der Waals surface area contributed by atoms with Crippen molar-refractivity contribution in [2.75, 3.05) is 6.54 Å². The Morgan fingerprint density at radius 2 is 1.82 bits per heavy atom. The zero-order chi connectivity index (χ0) is 9.02. The fourth-order valence-electron chi connectivity index (χ4n) is 0.994. The van der Waals surface area contributed by atoms with Crippen LogP contribution in [0.5, 0.6) is 0 Å². The maximum absolute atomic E-state index is 10.9. The van der Waals surface area contributed by atoms with Crippen molar-refractivity contribution in [2.24, 2.45) is 5.92 Å². The van der Waals surface area contributed by atoms with Gasteiger partial charge < -0.3 is 4.90 Å². The van der Waals surface area contributed by atoms with Gasteiger partial charge in [-0.2, -0.15) is 0 Å². The van der Waals surface area contributed by atoms with E-state index in [-0.39, 0.29) is 11.9 Å². The van der Waals surface area contributed by atoms with Gasteiger partial charge in [0.15, 0.2) is 0 Å². The first-order valence-corrected chi connectivity index (χ1v) is 4.07. The standard InChI is InChI=1S/C9H18NO/c1-7(2)6-10(8(3)4)9(5)11/h7-8H,5-6H2,1-4H3.